The van der Waals surface area contributed by atoms with Gasteiger partial charge in [0.25, 0.3) is 5.91 Å². The van der Waals surface area contributed by atoms with Gasteiger partial charge in [-0.2, -0.15) is 0 Å². The Morgan fingerprint density at radius 1 is 1.71 bits per heavy atom. The molecule has 94 valence electrons. The molecule has 17 heavy (non-hydrogen) atoms. The van der Waals surface area contributed by atoms with Gasteiger partial charge in [0, 0.05) is 18.4 Å². The molecular formula is C12H16BrNO2S. The summed E-state index contributed by atoms with van der Waals surface area (Å²) in [7, 11) is 1.61. The number of carbonyl (C=O) groups is 1. The van der Waals surface area contributed by atoms with Crippen molar-refractivity contribution in [2.24, 2.45) is 5.92 Å². The first kappa shape index (κ1) is 12.9. The SMILES string of the molecule is COc1ccsc1C(=O)N1CCC(CCBr)C1. The van der Waals surface area contributed by atoms with Gasteiger partial charge in [0.15, 0.2) is 0 Å². The molecule has 5 heteroatoms. The second kappa shape index (κ2) is 5.87. The fourth-order valence-corrected chi connectivity index (χ4v) is 3.64. The van der Waals surface area contributed by atoms with Crippen molar-refractivity contribution in [1.29, 1.82) is 0 Å². The molecule has 0 aliphatic carbocycles. The highest BCUT2D eigenvalue weighted by Gasteiger charge is 2.28. The third kappa shape index (κ3) is 2.83. The van der Waals surface area contributed by atoms with Crippen molar-refractivity contribution < 1.29 is 9.53 Å². The summed E-state index contributed by atoms with van der Waals surface area (Å²) in [4.78, 5) is 15.0. The minimum absolute atomic E-state index is 0.119. The lowest BCUT2D eigenvalue weighted by Crippen LogP contribution is -2.28. The van der Waals surface area contributed by atoms with Gasteiger partial charge in [0.2, 0.25) is 0 Å². The molecule has 0 bridgehead atoms. The number of amides is 1. The summed E-state index contributed by atoms with van der Waals surface area (Å²) in [5, 5.41) is 2.92. The number of likely N-dealkylation sites (tertiary alicyclic amines) is 1. The highest BCUT2D eigenvalue weighted by atomic mass is 79.9. The lowest BCUT2D eigenvalue weighted by atomic mass is 10.1. The maximum absolute atomic E-state index is 12.3. The van der Waals surface area contributed by atoms with Crippen LogP contribution in [0.5, 0.6) is 5.75 Å². The predicted molar refractivity (Wildman–Crippen MR) is 73.3 cm³/mol. The molecule has 1 aromatic heterocycles. The average molecular weight is 318 g/mol. The van der Waals surface area contributed by atoms with Gasteiger partial charge < -0.3 is 9.64 Å². The lowest BCUT2D eigenvalue weighted by Gasteiger charge is -2.16. The van der Waals surface area contributed by atoms with Crippen molar-refractivity contribution in [3.8, 4) is 5.75 Å². The third-order valence-electron chi connectivity index (χ3n) is 3.13. The van der Waals surface area contributed by atoms with Crippen LogP contribution >= 0.6 is 27.3 Å². The Balaban J connectivity index is 2.02. The van der Waals surface area contributed by atoms with E-state index in [1.165, 1.54) is 11.3 Å². The van der Waals surface area contributed by atoms with Crippen LogP contribution in [0.4, 0.5) is 0 Å². The lowest BCUT2D eigenvalue weighted by molar-refractivity contribution is 0.0789. The summed E-state index contributed by atoms with van der Waals surface area (Å²) in [6.07, 6.45) is 2.26. The van der Waals surface area contributed by atoms with Crippen LogP contribution in [0.25, 0.3) is 0 Å². The van der Waals surface area contributed by atoms with Crippen molar-refractivity contribution in [3.63, 3.8) is 0 Å². The maximum atomic E-state index is 12.3. The zero-order chi connectivity index (χ0) is 12.3. The highest BCUT2D eigenvalue weighted by Crippen LogP contribution is 2.29. The molecule has 2 heterocycles. The quantitative estimate of drug-likeness (QED) is 0.799. The molecular weight excluding hydrogens is 302 g/mol. The van der Waals surface area contributed by atoms with Crippen LogP contribution in [0.3, 0.4) is 0 Å². The van der Waals surface area contributed by atoms with Crippen LogP contribution in [0.2, 0.25) is 0 Å². The van der Waals surface area contributed by atoms with E-state index in [2.05, 4.69) is 15.9 Å². The minimum atomic E-state index is 0.119. The van der Waals surface area contributed by atoms with Crippen LogP contribution < -0.4 is 4.74 Å². The molecule has 1 aromatic rings. The van der Waals surface area contributed by atoms with Gasteiger partial charge in [-0.3, -0.25) is 4.79 Å². The number of nitrogens with zero attached hydrogens (tertiary/aromatic N) is 1. The molecule has 1 saturated heterocycles. The molecule has 1 atom stereocenters. The van der Waals surface area contributed by atoms with E-state index in [-0.39, 0.29) is 5.91 Å². The van der Waals surface area contributed by atoms with Gasteiger partial charge in [-0.1, -0.05) is 15.9 Å². The third-order valence-corrected chi connectivity index (χ3v) is 4.48. The zero-order valence-electron chi connectivity index (χ0n) is 9.82. The molecule has 1 amide bonds. The van der Waals surface area contributed by atoms with Crippen molar-refractivity contribution in [2.75, 3.05) is 25.5 Å². The molecule has 0 saturated carbocycles. The van der Waals surface area contributed by atoms with Gasteiger partial charge in [-0.25, -0.2) is 0 Å². The summed E-state index contributed by atoms with van der Waals surface area (Å²) in [6, 6.07) is 1.85. The van der Waals surface area contributed by atoms with E-state index in [0.29, 0.717) is 11.7 Å². The molecule has 1 fully saturated rings. The fraction of sp³-hybridized carbons (Fsp3) is 0.583. The van der Waals surface area contributed by atoms with Crippen molar-refractivity contribution >= 4 is 33.2 Å². The molecule has 0 radical (unpaired) electrons. The number of halogens is 1. The molecule has 1 aliphatic heterocycles. The zero-order valence-corrected chi connectivity index (χ0v) is 12.2. The van der Waals surface area contributed by atoms with Gasteiger partial charge in [0.05, 0.1) is 7.11 Å². The molecule has 0 aromatic carbocycles. The molecule has 0 N–H and O–H groups in total. The number of ether oxygens (including phenoxy) is 1. The van der Waals surface area contributed by atoms with Crippen LogP contribution in [0, 0.1) is 5.92 Å². The number of methoxy groups -OCH3 is 1. The van der Waals surface area contributed by atoms with E-state index in [1.54, 1.807) is 7.11 Å². The summed E-state index contributed by atoms with van der Waals surface area (Å²) in [5.74, 6) is 1.46. The fourth-order valence-electron chi connectivity index (χ4n) is 2.16. The standard InChI is InChI=1S/C12H16BrNO2S/c1-16-10-4-7-17-11(10)12(15)14-6-3-9(8-14)2-5-13/h4,7,9H,2-3,5-6,8H2,1H3. The van der Waals surface area contributed by atoms with Gasteiger partial charge in [-0.15, -0.1) is 11.3 Å². The maximum Gasteiger partial charge on any atom is 0.267 e. The first-order valence-corrected chi connectivity index (χ1v) is 7.73. The van der Waals surface area contributed by atoms with Crippen molar-refractivity contribution in [3.05, 3.63) is 16.3 Å². The van der Waals surface area contributed by atoms with Crippen molar-refractivity contribution in [2.45, 2.75) is 12.8 Å². The average Bonchev–Trinajstić information content (AvgIpc) is 2.96. The number of rotatable bonds is 4. The van der Waals surface area contributed by atoms with E-state index in [9.17, 15) is 4.79 Å². The van der Waals surface area contributed by atoms with Crippen LogP contribution in [-0.4, -0.2) is 36.3 Å². The monoisotopic (exact) mass is 317 g/mol. The number of alkyl halides is 1. The Morgan fingerprint density at radius 3 is 3.24 bits per heavy atom. The summed E-state index contributed by atoms with van der Waals surface area (Å²) < 4.78 is 5.20. The Labute approximate surface area is 114 Å². The molecule has 0 spiro atoms. The minimum Gasteiger partial charge on any atom is -0.495 e. The van der Waals surface area contributed by atoms with Crippen LogP contribution in [0.1, 0.15) is 22.5 Å². The second-order valence-electron chi connectivity index (χ2n) is 4.20. The molecule has 2 rings (SSSR count). The van der Waals surface area contributed by atoms with Gasteiger partial charge in [-0.05, 0) is 30.2 Å². The van der Waals surface area contributed by atoms with Gasteiger partial charge >= 0.3 is 0 Å². The summed E-state index contributed by atoms with van der Waals surface area (Å²) >= 11 is 4.91. The Bertz CT molecular complexity index is 394. The number of thiophene rings is 1. The van der Waals surface area contributed by atoms with E-state index in [0.717, 1.165) is 36.1 Å². The molecule has 1 aliphatic rings. The normalized spacial score (nSPS) is 19.6. The van der Waals surface area contributed by atoms with E-state index in [4.69, 9.17) is 4.74 Å². The largest absolute Gasteiger partial charge is 0.495 e. The number of hydrogen-bond donors (Lipinski definition) is 0. The van der Waals surface area contributed by atoms with E-state index in [1.807, 2.05) is 16.3 Å². The second-order valence-corrected chi connectivity index (χ2v) is 5.91. The number of carbonyl (C=O) groups excluding carboxylic acids is 1. The van der Waals surface area contributed by atoms with Crippen LogP contribution in [0.15, 0.2) is 11.4 Å². The Morgan fingerprint density at radius 2 is 2.53 bits per heavy atom. The van der Waals surface area contributed by atoms with E-state index >= 15 is 0 Å². The summed E-state index contributed by atoms with van der Waals surface area (Å²) in [5.41, 5.74) is 0. The van der Waals surface area contributed by atoms with Crippen LogP contribution in [-0.2, 0) is 0 Å². The van der Waals surface area contributed by atoms with Gasteiger partial charge in [0.1, 0.15) is 10.6 Å². The molecule has 3 nitrogen and oxygen atoms in total. The number of hydrogen-bond acceptors (Lipinski definition) is 3. The van der Waals surface area contributed by atoms with Crippen molar-refractivity contribution in [1.82, 2.24) is 4.90 Å². The Kier molecular flexibility index (Phi) is 4.45. The predicted octanol–water partition coefficient (Wildman–Crippen LogP) is 3.00. The highest BCUT2D eigenvalue weighted by molar-refractivity contribution is 9.09. The van der Waals surface area contributed by atoms with E-state index < -0.39 is 0 Å². The Hall–Kier alpha value is -0.550. The molecule has 1 unspecified atom stereocenters. The smallest absolute Gasteiger partial charge is 0.267 e. The summed E-state index contributed by atoms with van der Waals surface area (Å²) in [6.45, 7) is 1.75. The first-order chi connectivity index (χ1) is 8.26. The topological polar surface area (TPSA) is 29.5 Å². The first-order valence-electron chi connectivity index (χ1n) is 5.73.